The predicted octanol–water partition coefficient (Wildman–Crippen LogP) is 0.294. The Hall–Kier alpha value is -1.55. The molecule has 2 rings (SSSR count). The first-order valence-corrected chi connectivity index (χ1v) is 5.59. The lowest BCUT2D eigenvalue weighted by atomic mass is 10.2. The van der Waals surface area contributed by atoms with Gasteiger partial charge in [-0.05, 0) is 12.1 Å². The molecular formula is C12H17N3O. The van der Waals surface area contributed by atoms with Crippen LogP contribution < -0.4 is 10.6 Å². The summed E-state index contributed by atoms with van der Waals surface area (Å²) in [5, 5.41) is 0. The molecule has 0 aliphatic carbocycles. The van der Waals surface area contributed by atoms with E-state index in [0.717, 1.165) is 26.2 Å². The molecule has 16 heavy (non-hydrogen) atoms. The Morgan fingerprint density at radius 1 is 1.12 bits per heavy atom. The fraction of sp³-hybridized carbons (Fsp3) is 0.417. The molecule has 4 nitrogen and oxygen atoms in total. The van der Waals surface area contributed by atoms with Crippen molar-refractivity contribution in [3.05, 3.63) is 30.3 Å². The second-order valence-electron chi connectivity index (χ2n) is 3.91. The molecule has 0 saturated carbocycles. The summed E-state index contributed by atoms with van der Waals surface area (Å²) in [5.41, 5.74) is 6.57. The van der Waals surface area contributed by atoms with Gasteiger partial charge in [-0.15, -0.1) is 0 Å². The lowest BCUT2D eigenvalue weighted by Gasteiger charge is -2.36. The van der Waals surface area contributed by atoms with Crippen LogP contribution in [0.25, 0.3) is 0 Å². The zero-order valence-corrected chi connectivity index (χ0v) is 9.30. The minimum absolute atomic E-state index is 0.0488. The van der Waals surface area contributed by atoms with Gasteiger partial charge in [-0.25, -0.2) is 0 Å². The Bertz CT molecular complexity index is 345. The maximum Gasteiger partial charge on any atom is 0.236 e. The van der Waals surface area contributed by atoms with Gasteiger partial charge in [0.05, 0.1) is 6.54 Å². The molecule has 1 saturated heterocycles. The summed E-state index contributed by atoms with van der Waals surface area (Å²) in [6.45, 7) is 3.42. The minimum Gasteiger partial charge on any atom is -0.368 e. The molecule has 86 valence electrons. The van der Waals surface area contributed by atoms with E-state index in [9.17, 15) is 4.79 Å². The quantitative estimate of drug-likeness (QED) is 0.778. The smallest absolute Gasteiger partial charge is 0.236 e. The van der Waals surface area contributed by atoms with Gasteiger partial charge < -0.3 is 15.5 Å². The van der Waals surface area contributed by atoms with Crippen molar-refractivity contribution >= 4 is 11.6 Å². The third-order valence-electron chi connectivity index (χ3n) is 2.93. The molecule has 1 heterocycles. The highest BCUT2D eigenvalue weighted by molar-refractivity contribution is 5.78. The molecular weight excluding hydrogens is 202 g/mol. The lowest BCUT2D eigenvalue weighted by molar-refractivity contribution is -0.129. The van der Waals surface area contributed by atoms with Crippen LogP contribution in [0, 0.1) is 0 Å². The van der Waals surface area contributed by atoms with Gasteiger partial charge in [0.2, 0.25) is 5.91 Å². The van der Waals surface area contributed by atoms with Gasteiger partial charge in [0.25, 0.3) is 0 Å². The van der Waals surface area contributed by atoms with Crippen molar-refractivity contribution in [1.29, 1.82) is 0 Å². The Morgan fingerprint density at radius 3 is 2.31 bits per heavy atom. The summed E-state index contributed by atoms with van der Waals surface area (Å²) in [4.78, 5) is 15.5. The first-order chi connectivity index (χ1) is 7.81. The average molecular weight is 219 g/mol. The number of rotatable bonds is 2. The van der Waals surface area contributed by atoms with Gasteiger partial charge >= 0.3 is 0 Å². The molecule has 1 aromatic carbocycles. The normalized spacial score (nSPS) is 16.3. The van der Waals surface area contributed by atoms with Gasteiger partial charge in [0.15, 0.2) is 0 Å². The summed E-state index contributed by atoms with van der Waals surface area (Å²) in [6, 6.07) is 10.3. The van der Waals surface area contributed by atoms with Gasteiger partial charge in [0.1, 0.15) is 0 Å². The van der Waals surface area contributed by atoms with E-state index in [2.05, 4.69) is 17.0 Å². The van der Waals surface area contributed by atoms with Crippen LogP contribution in [0.1, 0.15) is 0 Å². The topological polar surface area (TPSA) is 49.6 Å². The predicted molar refractivity (Wildman–Crippen MR) is 64.3 cm³/mol. The first kappa shape index (κ1) is 11.0. The number of carbonyl (C=O) groups is 1. The lowest BCUT2D eigenvalue weighted by Crippen LogP contribution is -2.50. The van der Waals surface area contributed by atoms with Crippen LogP contribution in [-0.4, -0.2) is 43.5 Å². The van der Waals surface area contributed by atoms with E-state index >= 15 is 0 Å². The zero-order valence-electron chi connectivity index (χ0n) is 9.30. The van der Waals surface area contributed by atoms with Crippen molar-refractivity contribution in [3.8, 4) is 0 Å². The highest BCUT2D eigenvalue weighted by Gasteiger charge is 2.19. The number of amides is 1. The maximum atomic E-state index is 11.4. The second-order valence-corrected chi connectivity index (χ2v) is 3.91. The largest absolute Gasteiger partial charge is 0.368 e. The van der Waals surface area contributed by atoms with Gasteiger partial charge in [0, 0.05) is 31.9 Å². The molecule has 1 fully saturated rings. The molecule has 0 atom stereocenters. The van der Waals surface area contributed by atoms with E-state index in [0.29, 0.717) is 0 Å². The average Bonchev–Trinajstić information content (AvgIpc) is 2.39. The van der Waals surface area contributed by atoms with Crippen molar-refractivity contribution in [2.45, 2.75) is 0 Å². The van der Waals surface area contributed by atoms with Crippen molar-refractivity contribution in [3.63, 3.8) is 0 Å². The number of piperazine rings is 1. The highest BCUT2D eigenvalue weighted by Crippen LogP contribution is 2.15. The number of nitrogens with zero attached hydrogens (tertiary/aromatic N) is 2. The van der Waals surface area contributed by atoms with Crippen LogP contribution in [0.15, 0.2) is 30.3 Å². The van der Waals surface area contributed by atoms with Crippen LogP contribution in [-0.2, 0) is 4.79 Å². The van der Waals surface area contributed by atoms with Crippen LogP contribution in [0.2, 0.25) is 0 Å². The van der Waals surface area contributed by atoms with Crippen molar-refractivity contribution < 1.29 is 4.79 Å². The zero-order chi connectivity index (χ0) is 11.4. The van der Waals surface area contributed by atoms with E-state index in [1.54, 1.807) is 0 Å². The number of nitrogens with two attached hydrogens (primary N) is 1. The number of hydrogen-bond donors (Lipinski definition) is 1. The van der Waals surface area contributed by atoms with Crippen LogP contribution in [0.5, 0.6) is 0 Å². The summed E-state index contributed by atoms with van der Waals surface area (Å²) >= 11 is 0. The fourth-order valence-electron chi connectivity index (χ4n) is 1.98. The van der Waals surface area contributed by atoms with Crippen molar-refractivity contribution in [2.75, 3.05) is 37.6 Å². The third-order valence-corrected chi connectivity index (χ3v) is 2.93. The molecule has 1 amide bonds. The van der Waals surface area contributed by atoms with E-state index in [4.69, 9.17) is 5.73 Å². The number of para-hydroxylation sites is 1. The van der Waals surface area contributed by atoms with Crippen molar-refractivity contribution in [1.82, 2.24) is 4.90 Å². The molecule has 1 aliphatic heterocycles. The Balaban J connectivity index is 1.93. The Kier molecular flexibility index (Phi) is 3.41. The van der Waals surface area contributed by atoms with Gasteiger partial charge in [-0.1, -0.05) is 18.2 Å². The summed E-state index contributed by atoms with van der Waals surface area (Å²) in [5.74, 6) is 0.0488. The van der Waals surface area contributed by atoms with Crippen LogP contribution in [0.3, 0.4) is 0 Å². The van der Waals surface area contributed by atoms with E-state index < -0.39 is 0 Å². The minimum atomic E-state index is 0.0488. The summed E-state index contributed by atoms with van der Waals surface area (Å²) < 4.78 is 0. The molecule has 0 spiro atoms. The Morgan fingerprint density at radius 2 is 1.75 bits per heavy atom. The van der Waals surface area contributed by atoms with Crippen LogP contribution >= 0.6 is 0 Å². The van der Waals surface area contributed by atoms with Crippen LogP contribution in [0.4, 0.5) is 5.69 Å². The molecule has 0 radical (unpaired) electrons. The van der Waals surface area contributed by atoms with E-state index in [1.165, 1.54) is 5.69 Å². The molecule has 4 heteroatoms. The molecule has 1 aromatic rings. The Labute approximate surface area is 95.6 Å². The first-order valence-electron chi connectivity index (χ1n) is 5.59. The second kappa shape index (κ2) is 4.99. The highest BCUT2D eigenvalue weighted by atomic mass is 16.2. The molecule has 0 bridgehead atoms. The number of carbonyl (C=O) groups excluding carboxylic acids is 1. The molecule has 0 unspecified atom stereocenters. The van der Waals surface area contributed by atoms with Gasteiger partial charge in [-0.2, -0.15) is 0 Å². The van der Waals surface area contributed by atoms with E-state index in [-0.39, 0.29) is 12.5 Å². The van der Waals surface area contributed by atoms with E-state index in [1.807, 2.05) is 23.1 Å². The number of hydrogen-bond acceptors (Lipinski definition) is 3. The monoisotopic (exact) mass is 219 g/mol. The number of benzene rings is 1. The SMILES string of the molecule is NCC(=O)N1CCN(c2ccccc2)CC1. The standard InChI is InChI=1S/C12H17N3O/c13-10-12(16)15-8-6-14(7-9-15)11-4-2-1-3-5-11/h1-5H,6-10,13H2. The molecule has 0 aromatic heterocycles. The number of anilines is 1. The summed E-state index contributed by atoms with van der Waals surface area (Å²) in [7, 11) is 0. The maximum absolute atomic E-state index is 11.4. The van der Waals surface area contributed by atoms with Crippen molar-refractivity contribution in [2.24, 2.45) is 5.73 Å². The summed E-state index contributed by atoms with van der Waals surface area (Å²) in [6.07, 6.45) is 0. The fourth-order valence-corrected chi connectivity index (χ4v) is 1.98. The van der Waals surface area contributed by atoms with Gasteiger partial charge in [-0.3, -0.25) is 4.79 Å². The third kappa shape index (κ3) is 2.33. The molecule has 1 aliphatic rings. The molecule has 2 N–H and O–H groups in total.